The van der Waals surface area contributed by atoms with Crippen molar-refractivity contribution in [3.8, 4) is 5.75 Å². The van der Waals surface area contributed by atoms with Crippen molar-refractivity contribution in [2.45, 2.75) is 12.5 Å². The average molecular weight is 388 g/mol. The third-order valence-corrected chi connectivity index (χ3v) is 6.13. The molecule has 1 saturated heterocycles. The summed E-state index contributed by atoms with van der Waals surface area (Å²) in [5.41, 5.74) is 6.11. The first-order valence-corrected chi connectivity index (χ1v) is 10.3. The lowest BCUT2D eigenvalue weighted by Crippen LogP contribution is -2.44. The van der Waals surface area contributed by atoms with E-state index in [4.69, 9.17) is 10.5 Å². The topological polar surface area (TPSA) is 107 Å². The monoisotopic (exact) mass is 388 g/mol. The number of nitrogens with two attached hydrogens (primary N) is 1. The first-order valence-electron chi connectivity index (χ1n) is 8.46. The van der Waals surface area contributed by atoms with Gasteiger partial charge in [0.15, 0.2) is 16.4 Å². The van der Waals surface area contributed by atoms with Crippen molar-refractivity contribution >= 4 is 27.3 Å². The van der Waals surface area contributed by atoms with Crippen LogP contribution in [0.25, 0.3) is 0 Å². The summed E-state index contributed by atoms with van der Waals surface area (Å²) in [4.78, 5) is 25.8. The molecule has 2 aromatic carbocycles. The van der Waals surface area contributed by atoms with Crippen molar-refractivity contribution in [3.63, 3.8) is 0 Å². The van der Waals surface area contributed by atoms with Gasteiger partial charge in [-0.15, -0.1) is 0 Å². The van der Waals surface area contributed by atoms with Crippen molar-refractivity contribution in [2.24, 2.45) is 5.73 Å². The molecule has 3 rings (SSSR count). The molecular formula is C19H20N2O5S. The number of sulfone groups is 1. The van der Waals surface area contributed by atoms with Crippen LogP contribution in [0.1, 0.15) is 16.8 Å². The highest BCUT2D eigenvalue weighted by molar-refractivity contribution is 7.91. The van der Waals surface area contributed by atoms with Crippen LogP contribution in [0.4, 0.5) is 5.69 Å². The van der Waals surface area contributed by atoms with Crippen molar-refractivity contribution in [1.29, 1.82) is 0 Å². The maximum absolute atomic E-state index is 12.9. The zero-order valence-corrected chi connectivity index (χ0v) is 15.4. The Morgan fingerprint density at radius 2 is 1.74 bits per heavy atom. The van der Waals surface area contributed by atoms with Gasteiger partial charge in [0.2, 0.25) is 0 Å². The van der Waals surface area contributed by atoms with Gasteiger partial charge in [0.05, 0.1) is 23.1 Å². The molecule has 0 bridgehead atoms. The van der Waals surface area contributed by atoms with E-state index in [1.165, 1.54) is 11.0 Å². The summed E-state index contributed by atoms with van der Waals surface area (Å²) in [5.74, 6) is -0.849. The summed E-state index contributed by atoms with van der Waals surface area (Å²) in [6.45, 7) is -0.338. The fraction of sp³-hybridized carbons (Fsp3) is 0.263. The number of ether oxygens (including phenoxy) is 1. The molecule has 0 radical (unpaired) electrons. The Balaban J connectivity index is 1.81. The van der Waals surface area contributed by atoms with Crippen molar-refractivity contribution < 1.29 is 22.7 Å². The summed E-state index contributed by atoms with van der Waals surface area (Å²) < 4.78 is 29.3. The van der Waals surface area contributed by atoms with Gasteiger partial charge < -0.3 is 15.4 Å². The lowest BCUT2D eigenvalue weighted by atomic mass is 10.1. The van der Waals surface area contributed by atoms with E-state index in [-0.39, 0.29) is 35.3 Å². The molecule has 0 aromatic heterocycles. The Labute approximate surface area is 157 Å². The number of hydrogen-bond acceptors (Lipinski definition) is 5. The van der Waals surface area contributed by atoms with Crippen LogP contribution in [0.3, 0.4) is 0 Å². The second-order valence-corrected chi connectivity index (χ2v) is 8.53. The largest absolute Gasteiger partial charge is 0.483 e. The Kier molecular flexibility index (Phi) is 5.46. The first kappa shape index (κ1) is 18.9. The predicted molar refractivity (Wildman–Crippen MR) is 101 cm³/mol. The molecule has 1 aliphatic heterocycles. The summed E-state index contributed by atoms with van der Waals surface area (Å²) in [5, 5.41) is 0. The van der Waals surface area contributed by atoms with Crippen LogP contribution in [-0.4, -0.2) is 44.4 Å². The molecular weight excluding hydrogens is 368 g/mol. The lowest BCUT2D eigenvalue weighted by molar-refractivity contribution is -0.121. The van der Waals surface area contributed by atoms with E-state index in [0.29, 0.717) is 12.1 Å². The third-order valence-electron chi connectivity index (χ3n) is 4.38. The fourth-order valence-electron chi connectivity index (χ4n) is 3.13. The van der Waals surface area contributed by atoms with Crippen molar-refractivity contribution in [2.75, 3.05) is 23.0 Å². The number of hydrogen-bond donors (Lipinski definition) is 1. The van der Waals surface area contributed by atoms with E-state index in [1.54, 1.807) is 42.5 Å². The molecule has 0 aliphatic carbocycles. The van der Waals surface area contributed by atoms with Gasteiger partial charge in [-0.1, -0.05) is 30.3 Å². The Morgan fingerprint density at radius 1 is 1.07 bits per heavy atom. The van der Waals surface area contributed by atoms with Crippen LogP contribution in [0.15, 0.2) is 54.6 Å². The Hall–Kier alpha value is -2.87. The number of anilines is 1. The molecule has 1 atom stereocenters. The summed E-state index contributed by atoms with van der Waals surface area (Å²) in [7, 11) is -3.16. The van der Waals surface area contributed by atoms with Crippen LogP contribution in [0.5, 0.6) is 5.75 Å². The highest BCUT2D eigenvalue weighted by Crippen LogP contribution is 2.25. The minimum absolute atomic E-state index is 0.0552. The maximum atomic E-state index is 12.9. The normalized spacial score (nSPS) is 18.0. The van der Waals surface area contributed by atoms with E-state index in [0.717, 1.165) is 0 Å². The number of carbonyl (C=O) groups is 2. The molecule has 1 heterocycles. The molecule has 27 heavy (non-hydrogen) atoms. The maximum Gasteiger partial charge on any atom is 0.265 e. The zero-order chi connectivity index (χ0) is 19.4. The summed E-state index contributed by atoms with van der Waals surface area (Å²) >= 11 is 0. The molecule has 1 aliphatic rings. The zero-order valence-electron chi connectivity index (χ0n) is 14.6. The molecule has 0 unspecified atom stereocenters. The predicted octanol–water partition coefficient (Wildman–Crippen LogP) is 1.38. The minimum atomic E-state index is -3.16. The molecule has 2 amide bonds. The molecule has 7 nitrogen and oxygen atoms in total. The van der Waals surface area contributed by atoms with Crippen LogP contribution in [0.2, 0.25) is 0 Å². The first-order chi connectivity index (χ1) is 12.9. The van der Waals surface area contributed by atoms with Gasteiger partial charge in [-0.3, -0.25) is 9.59 Å². The Morgan fingerprint density at radius 3 is 2.37 bits per heavy atom. The van der Waals surface area contributed by atoms with Crippen LogP contribution < -0.4 is 15.4 Å². The lowest BCUT2D eigenvalue weighted by Gasteiger charge is -2.28. The SMILES string of the molecule is NC(=O)c1ccccc1OCC(=O)N(c1ccccc1)[C@H]1CCS(=O)(=O)C1. The number of nitrogens with zero attached hydrogens (tertiary/aromatic N) is 1. The van der Waals surface area contributed by atoms with Crippen LogP contribution >= 0.6 is 0 Å². The highest BCUT2D eigenvalue weighted by Gasteiger charge is 2.35. The van der Waals surface area contributed by atoms with Gasteiger partial charge in [0.1, 0.15) is 5.75 Å². The minimum Gasteiger partial charge on any atom is -0.483 e. The van der Waals surface area contributed by atoms with Gasteiger partial charge in [-0.05, 0) is 30.7 Å². The smallest absolute Gasteiger partial charge is 0.265 e. The molecule has 2 N–H and O–H groups in total. The van der Waals surface area contributed by atoms with Crippen molar-refractivity contribution in [1.82, 2.24) is 0 Å². The summed E-state index contributed by atoms with van der Waals surface area (Å²) in [6.07, 6.45) is 0.376. The number of para-hydroxylation sites is 2. The fourth-order valence-corrected chi connectivity index (χ4v) is 4.83. The highest BCUT2D eigenvalue weighted by atomic mass is 32.2. The number of primary amides is 1. The van der Waals surface area contributed by atoms with E-state index in [2.05, 4.69) is 0 Å². The van der Waals surface area contributed by atoms with E-state index in [1.807, 2.05) is 6.07 Å². The van der Waals surface area contributed by atoms with Crippen LogP contribution in [-0.2, 0) is 14.6 Å². The Bertz CT molecular complexity index is 944. The van der Waals surface area contributed by atoms with E-state index >= 15 is 0 Å². The molecule has 2 aromatic rings. The third kappa shape index (κ3) is 4.46. The van der Waals surface area contributed by atoms with E-state index in [9.17, 15) is 18.0 Å². The van der Waals surface area contributed by atoms with E-state index < -0.39 is 21.8 Å². The molecule has 142 valence electrons. The van der Waals surface area contributed by atoms with Gasteiger partial charge >= 0.3 is 0 Å². The number of amides is 2. The molecule has 8 heteroatoms. The number of rotatable bonds is 6. The average Bonchev–Trinajstić information content (AvgIpc) is 3.00. The number of benzene rings is 2. The number of carbonyl (C=O) groups excluding carboxylic acids is 2. The van der Waals surface area contributed by atoms with Gasteiger partial charge in [-0.2, -0.15) is 0 Å². The van der Waals surface area contributed by atoms with Gasteiger partial charge in [0, 0.05) is 5.69 Å². The quantitative estimate of drug-likeness (QED) is 0.805. The standard InChI is InChI=1S/C19H20N2O5S/c20-19(23)16-8-4-5-9-17(16)26-12-18(22)21(14-6-2-1-3-7-14)15-10-11-27(24,25)13-15/h1-9,15H,10-13H2,(H2,20,23)/t15-/m0/s1. The molecule has 1 fully saturated rings. The second-order valence-electron chi connectivity index (χ2n) is 6.31. The summed E-state index contributed by atoms with van der Waals surface area (Å²) in [6, 6.07) is 14.8. The van der Waals surface area contributed by atoms with Gasteiger partial charge in [0.25, 0.3) is 11.8 Å². The second kappa shape index (κ2) is 7.79. The van der Waals surface area contributed by atoms with Crippen molar-refractivity contribution in [3.05, 3.63) is 60.2 Å². The van der Waals surface area contributed by atoms with Gasteiger partial charge in [-0.25, -0.2) is 8.42 Å². The molecule has 0 saturated carbocycles. The van der Waals surface area contributed by atoms with Crippen LogP contribution in [0, 0.1) is 0 Å². The molecule has 0 spiro atoms.